The number of ether oxygens (including phenoxy) is 2. The van der Waals surface area contributed by atoms with Crippen LogP contribution in [-0.2, 0) is 36.7 Å². The normalized spacial score (nSPS) is 18.0. The molecule has 1 fully saturated rings. The minimum absolute atomic E-state index is 0.210. The number of epoxide rings is 1. The van der Waals surface area contributed by atoms with Crippen LogP contribution in [0.1, 0.15) is 23.7 Å². The molecular formula is C23H27N3O5. The quantitative estimate of drug-likeness (QED) is 0.436. The Bertz CT molecular complexity index is 901. The molecule has 1 aromatic carbocycles. The number of pyridine rings is 1. The zero-order chi connectivity index (χ0) is 22.2. The maximum Gasteiger partial charge on any atom is 0.338 e. The molecule has 0 radical (unpaired) electrons. The Morgan fingerprint density at radius 3 is 2.58 bits per heavy atom. The molecular weight excluding hydrogens is 398 g/mol. The van der Waals surface area contributed by atoms with Crippen molar-refractivity contribution in [3.63, 3.8) is 0 Å². The lowest BCUT2D eigenvalue weighted by molar-refractivity contribution is -0.144. The van der Waals surface area contributed by atoms with Gasteiger partial charge in [0.2, 0.25) is 5.91 Å². The average molecular weight is 425 g/mol. The molecule has 1 aromatic heterocycles. The molecule has 2 aromatic rings. The van der Waals surface area contributed by atoms with E-state index in [4.69, 9.17) is 9.47 Å². The van der Waals surface area contributed by atoms with E-state index in [2.05, 4.69) is 15.6 Å². The number of esters is 1. The number of carbonyl (C=O) groups excluding carboxylic acids is 3. The minimum Gasteiger partial charge on any atom is -0.464 e. The summed E-state index contributed by atoms with van der Waals surface area (Å²) in [7, 11) is 0. The van der Waals surface area contributed by atoms with Crippen molar-refractivity contribution in [2.45, 2.75) is 44.9 Å². The van der Waals surface area contributed by atoms with Crippen molar-refractivity contribution in [3.8, 4) is 0 Å². The summed E-state index contributed by atoms with van der Waals surface area (Å²) in [5.41, 5.74) is 2.88. The highest BCUT2D eigenvalue weighted by Gasteiger charge is 2.52. The SMILES string of the molecule is CCOC(=O)C1OC1C(=O)N[C@@H](Cc1ccc(C)cc1)C(=O)NCCc1ccccn1. The second kappa shape index (κ2) is 10.7. The van der Waals surface area contributed by atoms with E-state index in [0.717, 1.165) is 16.8 Å². The van der Waals surface area contributed by atoms with Gasteiger partial charge in [-0.1, -0.05) is 35.9 Å². The van der Waals surface area contributed by atoms with Crippen LogP contribution in [0.5, 0.6) is 0 Å². The fourth-order valence-corrected chi connectivity index (χ4v) is 3.12. The van der Waals surface area contributed by atoms with Gasteiger partial charge in [-0.3, -0.25) is 14.6 Å². The van der Waals surface area contributed by atoms with Crippen LogP contribution in [0.15, 0.2) is 48.7 Å². The van der Waals surface area contributed by atoms with Crippen molar-refractivity contribution in [1.29, 1.82) is 0 Å². The summed E-state index contributed by atoms with van der Waals surface area (Å²) < 4.78 is 10.0. The molecule has 2 unspecified atom stereocenters. The highest BCUT2D eigenvalue weighted by atomic mass is 16.6. The fourth-order valence-electron chi connectivity index (χ4n) is 3.12. The van der Waals surface area contributed by atoms with Crippen LogP contribution in [-0.4, -0.2) is 54.2 Å². The average Bonchev–Trinajstić information content (AvgIpc) is 3.57. The van der Waals surface area contributed by atoms with Crippen LogP contribution in [0.3, 0.4) is 0 Å². The Morgan fingerprint density at radius 1 is 1.13 bits per heavy atom. The lowest BCUT2D eigenvalue weighted by Gasteiger charge is -2.18. The van der Waals surface area contributed by atoms with E-state index in [1.165, 1.54) is 0 Å². The van der Waals surface area contributed by atoms with Gasteiger partial charge in [0, 0.05) is 31.3 Å². The van der Waals surface area contributed by atoms with E-state index in [1.54, 1.807) is 13.1 Å². The van der Waals surface area contributed by atoms with Crippen LogP contribution in [0.4, 0.5) is 0 Å². The highest BCUT2D eigenvalue weighted by molar-refractivity contribution is 5.95. The van der Waals surface area contributed by atoms with Crippen LogP contribution < -0.4 is 10.6 Å². The predicted octanol–water partition coefficient (Wildman–Crippen LogP) is 1.11. The molecule has 0 saturated carbocycles. The van der Waals surface area contributed by atoms with Gasteiger partial charge < -0.3 is 20.1 Å². The molecule has 164 valence electrons. The smallest absolute Gasteiger partial charge is 0.338 e. The molecule has 0 aliphatic carbocycles. The summed E-state index contributed by atoms with van der Waals surface area (Å²) in [6, 6.07) is 12.6. The molecule has 1 aliphatic heterocycles. The van der Waals surface area contributed by atoms with E-state index < -0.39 is 30.1 Å². The van der Waals surface area contributed by atoms with Crippen LogP contribution in [0.2, 0.25) is 0 Å². The van der Waals surface area contributed by atoms with Crippen molar-refractivity contribution in [2.75, 3.05) is 13.2 Å². The zero-order valence-electron chi connectivity index (χ0n) is 17.7. The zero-order valence-corrected chi connectivity index (χ0v) is 17.7. The Morgan fingerprint density at radius 2 is 1.90 bits per heavy atom. The van der Waals surface area contributed by atoms with Crippen LogP contribution in [0.25, 0.3) is 0 Å². The Hall–Kier alpha value is -3.26. The molecule has 8 nitrogen and oxygen atoms in total. The molecule has 8 heteroatoms. The first-order valence-electron chi connectivity index (χ1n) is 10.3. The van der Waals surface area contributed by atoms with Gasteiger partial charge in [0.25, 0.3) is 5.91 Å². The van der Waals surface area contributed by atoms with Gasteiger partial charge >= 0.3 is 5.97 Å². The number of hydrogen-bond acceptors (Lipinski definition) is 6. The predicted molar refractivity (Wildman–Crippen MR) is 113 cm³/mol. The summed E-state index contributed by atoms with van der Waals surface area (Å²) in [6.07, 6.45) is 0.757. The number of nitrogens with zero attached hydrogens (tertiary/aromatic N) is 1. The molecule has 1 saturated heterocycles. The first-order chi connectivity index (χ1) is 15.0. The van der Waals surface area contributed by atoms with E-state index in [9.17, 15) is 14.4 Å². The third kappa shape index (κ3) is 6.62. The lowest BCUT2D eigenvalue weighted by Crippen LogP contribution is -2.50. The maximum absolute atomic E-state index is 12.8. The largest absolute Gasteiger partial charge is 0.464 e. The number of hydrogen-bond donors (Lipinski definition) is 2. The van der Waals surface area contributed by atoms with E-state index >= 15 is 0 Å². The third-order valence-corrected chi connectivity index (χ3v) is 4.87. The number of rotatable bonds is 10. The number of aryl methyl sites for hydroxylation is 1. The van der Waals surface area contributed by atoms with E-state index in [1.807, 2.05) is 49.4 Å². The summed E-state index contributed by atoms with van der Waals surface area (Å²) in [6.45, 7) is 4.26. The van der Waals surface area contributed by atoms with E-state index in [0.29, 0.717) is 19.4 Å². The lowest BCUT2D eigenvalue weighted by atomic mass is 10.0. The van der Waals surface area contributed by atoms with Gasteiger partial charge in [0.05, 0.1) is 6.61 Å². The standard InChI is InChI=1S/C23H27N3O5/c1-3-30-23(29)20-19(31-20)22(28)26-18(14-16-9-7-15(2)8-10-16)21(27)25-13-11-17-6-4-5-12-24-17/h4-10,12,18-20H,3,11,13-14H2,1-2H3,(H,25,27)(H,26,28)/t18-,19?,20?/m0/s1. The fraction of sp³-hybridized carbons (Fsp3) is 0.391. The molecule has 3 atom stereocenters. The Balaban J connectivity index is 1.60. The minimum atomic E-state index is -0.930. The van der Waals surface area contributed by atoms with Crippen molar-refractivity contribution in [2.24, 2.45) is 0 Å². The van der Waals surface area contributed by atoms with Crippen molar-refractivity contribution >= 4 is 17.8 Å². The molecule has 31 heavy (non-hydrogen) atoms. The molecule has 2 amide bonds. The third-order valence-electron chi connectivity index (χ3n) is 4.87. The van der Waals surface area contributed by atoms with Gasteiger partial charge in [0.1, 0.15) is 6.04 Å². The molecule has 3 rings (SSSR count). The van der Waals surface area contributed by atoms with Crippen LogP contribution in [0, 0.1) is 6.92 Å². The van der Waals surface area contributed by atoms with Gasteiger partial charge in [-0.15, -0.1) is 0 Å². The van der Waals surface area contributed by atoms with Gasteiger partial charge in [-0.05, 0) is 31.5 Å². The molecule has 2 heterocycles. The van der Waals surface area contributed by atoms with E-state index in [-0.39, 0.29) is 12.5 Å². The van der Waals surface area contributed by atoms with Crippen molar-refractivity contribution in [1.82, 2.24) is 15.6 Å². The number of benzene rings is 1. The first-order valence-corrected chi connectivity index (χ1v) is 10.3. The molecule has 1 aliphatic rings. The van der Waals surface area contributed by atoms with Gasteiger partial charge in [0.15, 0.2) is 12.2 Å². The Kier molecular flexibility index (Phi) is 7.72. The summed E-state index contributed by atoms with van der Waals surface area (Å²) >= 11 is 0. The van der Waals surface area contributed by atoms with Crippen molar-refractivity contribution in [3.05, 3.63) is 65.5 Å². The number of aromatic nitrogens is 1. The molecule has 0 bridgehead atoms. The molecule has 2 N–H and O–H groups in total. The number of amides is 2. The first kappa shape index (κ1) is 22.4. The van der Waals surface area contributed by atoms with Crippen molar-refractivity contribution < 1.29 is 23.9 Å². The second-order valence-electron chi connectivity index (χ2n) is 7.34. The number of nitrogens with one attached hydrogen (secondary N) is 2. The summed E-state index contributed by atoms with van der Waals surface area (Å²) in [5.74, 6) is -1.38. The Labute approximate surface area is 181 Å². The highest BCUT2D eigenvalue weighted by Crippen LogP contribution is 2.24. The summed E-state index contributed by atoms with van der Waals surface area (Å²) in [4.78, 5) is 41.3. The number of carbonyl (C=O) groups is 3. The summed E-state index contributed by atoms with van der Waals surface area (Å²) in [5, 5.41) is 5.57. The van der Waals surface area contributed by atoms with Gasteiger partial charge in [-0.2, -0.15) is 0 Å². The molecule has 0 spiro atoms. The topological polar surface area (TPSA) is 110 Å². The maximum atomic E-state index is 12.8. The van der Waals surface area contributed by atoms with Gasteiger partial charge in [-0.25, -0.2) is 4.79 Å². The second-order valence-corrected chi connectivity index (χ2v) is 7.34. The van der Waals surface area contributed by atoms with Crippen LogP contribution >= 0.6 is 0 Å². The monoisotopic (exact) mass is 425 g/mol.